The highest BCUT2D eigenvalue weighted by atomic mass is 16.5. The van der Waals surface area contributed by atoms with Crippen LogP contribution < -0.4 is 5.32 Å². The molecule has 0 aromatic rings. The van der Waals surface area contributed by atoms with Crippen LogP contribution in [0.3, 0.4) is 0 Å². The molecule has 0 atom stereocenters. The summed E-state index contributed by atoms with van der Waals surface area (Å²) in [6, 6.07) is 0. The number of carbonyl (C=O) groups is 2. The quantitative estimate of drug-likeness (QED) is 0.563. The van der Waals surface area contributed by atoms with Crippen molar-refractivity contribution in [3.8, 4) is 0 Å². The molecule has 0 unspecified atom stereocenters. The molecule has 0 bridgehead atoms. The SMILES string of the molecule is COC(=O)/C=C1\NC(C)(C)CC12C=CC(=O)C=C2. The molecule has 1 aliphatic heterocycles. The first-order chi connectivity index (χ1) is 8.37. The van der Waals surface area contributed by atoms with Crippen molar-refractivity contribution >= 4 is 11.8 Å². The van der Waals surface area contributed by atoms with Crippen LogP contribution in [-0.2, 0) is 14.3 Å². The zero-order valence-electron chi connectivity index (χ0n) is 10.8. The normalized spacial score (nSPS) is 25.5. The van der Waals surface area contributed by atoms with Gasteiger partial charge < -0.3 is 10.1 Å². The van der Waals surface area contributed by atoms with E-state index in [4.69, 9.17) is 0 Å². The molecule has 2 aliphatic rings. The van der Waals surface area contributed by atoms with Crippen LogP contribution in [-0.4, -0.2) is 24.4 Å². The van der Waals surface area contributed by atoms with Gasteiger partial charge in [-0.3, -0.25) is 4.79 Å². The van der Waals surface area contributed by atoms with Crippen LogP contribution in [0.4, 0.5) is 0 Å². The van der Waals surface area contributed by atoms with Crippen LogP contribution in [0.1, 0.15) is 20.3 Å². The zero-order valence-corrected chi connectivity index (χ0v) is 10.8. The molecule has 18 heavy (non-hydrogen) atoms. The van der Waals surface area contributed by atoms with Crippen LogP contribution in [0.15, 0.2) is 36.1 Å². The highest BCUT2D eigenvalue weighted by Crippen LogP contribution is 2.45. The molecule has 1 spiro atoms. The molecule has 1 fully saturated rings. The number of allylic oxidation sites excluding steroid dienone is 3. The standard InChI is InChI=1S/C14H17NO3/c1-13(2)9-14(6-4-10(16)5-7-14)11(15-13)8-12(17)18-3/h4-8,15H,9H2,1-3H3/b11-8-. The molecule has 0 saturated carbocycles. The molecular weight excluding hydrogens is 230 g/mol. The minimum absolute atomic E-state index is 0.0252. The first kappa shape index (κ1) is 12.6. The summed E-state index contributed by atoms with van der Waals surface area (Å²) in [5, 5.41) is 3.32. The van der Waals surface area contributed by atoms with Gasteiger partial charge in [-0.1, -0.05) is 12.2 Å². The molecule has 0 amide bonds. The molecule has 1 aliphatic carbocycles. The van der Waals surface area contributed by atoms with Crippen molar-refractivity contribution in [1.82, 2.24) is 5.32 Å². The molecule has 4 nitrogen and oxygen atoms in total. The van der Waals surface area contributed by atoms with Gasteiger partial charge in [-0.15, -0.1) is 0 Å². The molecule has 96 valence electrons. The monoisotopic (exact) mass is 247 g/mol. The zero-order chi connectivity index (χ0) is 13.4. The Kier molecular flexibility index (Phi) is 2.89. The predicted molar refractivity (Wildman–Crippen MR) is 67.7 cm³/mol. The van der Waals surface area contributed by atoms with Gasteiger partial charge in [-0.25, -0.2) is 4.79 Å². The van der Waals surface area contributed by atoms with Crippen molar-refractivity contribution in [3.05, 3.63) is 36.1 Å². The van der Waals surface area contributed by atoms with Crippen molar-refractivity contribution in [2.75, 3.05) is 7.11 Å². The molecule has 4 heteroatoms. The van der Waals surface area contributed by atoms with Crippen LogP contribution in [0.5, 0.6) is 0 Å². The molecule has 0 radical (unpaired) electrons. The number of nitrogens with one attached hydrogen (secondary N) is 1. The summed E-state index contributed by atoms with van der Waals surface area (Å²) in [6.07, 6.45) is 9.06. The highest BCUT2D eigenvalue weighted by molar-refractivity contribution is 6.00. The van der Waals surface area contributed by atoms with E-state index in [2.05, 4.69) is 23.9 Å². The highest BCUT2D eigenvalue weighted by Gasteiger charge is 2.44. The summed E-state index contributed by atoms with van der Waals surface area (Å²) >= 11 is 0. The predicted octanol–water partition coefficient (Wildman–Crippen LogP) is 1.50. The fourth-order valence-electron chi connectivity index (χ4n) is 2.57. The third-order valence-electron chi connectivity index (χ3n) is 3.26. The Bertz CT molecular complexity index is 467. The van der Waals surface area contributed by atoms with E-state index >= 15 is 0 Å². The average molecular weight is 247 g/mol. The van der Waals surface area contributed by atoms with E-state index in [1.807, 2.05) is 12.2 Å². The average Bonchev–Trinajstić information content (AvgIpc) is 2.54. The summed E-state index contributed by atoms with van der Waals surface area (Å²) in [4.78, 5) is 22.7. The maximum atomic E-state index is 11.4. The first-order valence-electron chi connectivity index (χ1n) is 5.88. The van der Waals surface area contributed by atoms with Crippen molar-refractivity contribution < 1.29 is 14.3 Å². The van der Waals surface area contributed by atoms with Crippen LogP contribution in [0, 0.1) is 5.41 Å². The van der Waals surface area contributed by atoms with E-state index in [-0.39, 0.29) is 11.3 Å². The molecule has 1 saturated heterocycles. The lowest BCUT2D eigenvalue weighted by Gasteiger charge is -2.24. The minimum atomic E-state index is -0.397. The number of ether oxygens (including phenoxy) is 1. The number of carbonyl (C=O) groups excluding carboxylic acids is 2. The van der Waals surface area contributed by atoms with Gasteiger partial charge in [0.15, 0.2) is 5.78 Å². The van der Waals surface area contributed by atoms with E-state index in [0.717, 1.165) is 12.1 Å². The Morgan fingerprint density at radius 1 is 1.39 bits per heavy atom. The number of esters is 1. The van der Waals surface area contributed by atoms with Crippen molar-refractivity contribution in [1.29, 1.82) is 0 Å². The molecule has 2 rings (SSSR count). The lowest BCUT2D eigenvalue weighted by atomic mass is 9.77. The van der Waals surface area contributed by atoms with Gasteiger partial charge in [0.1, 0.15) is 0 Å². The van der Waals surface area contributed by atoms with E-state index in [0.29, 0.717) is 0 Å². The Labute approximate surface area is 106 Å². The van der Waals surface area contributed by atoms with E-state index < -0.39 is 11.4 Å². The topological polar surface area (TPSA) is 55.4 Å². The summed E-state index contributed by atoms with van der Waals surface area (Å²) in [5.74, 6) is -0.420. The first-order valence-corrected chi connectivity index (χ1v) is 5.88. The van der Waals surface area contributed by atoms with E-state index in [1.54, 1.807) is 12.2 Å². The van der Waals surface area contributed by atoms with Crippen molar-refractivity contribution in [2.24, 2.45) is 5.41 Å². The molecule has 1 heterocycles. The van der Waals surface area contributed by atoms with Gasteiger partial charge in [0, 0.05) is 22.7 Å². The number of hydrogen-bond donors (Lipinski definition) is 1. The summed E-state index contributed by atoms with van der Waals surface area (Å²) in [7, 11) is 1.35. The van der Waals surface area contributed by atoms with Gasteiger partial charge in [0.25, 0.3) is 0 Å². The largest absolute Gasteiger partial charge is 0.466 e. The minimum Gasteiger partial charge on any atom is -0.466 e. The number of hydrogen-bond acceptors (Lipinski definition) is 4. The van der Waals surface area contributed by atoms with Crippen molar-refractivity contribution in [3.63, 3.8) is 0 Å². The Morgan fingerprint density at radius 3 is 2.56 bits per heavy atom. The molecule has 0 aromatic heterocycles. The van der Waals surface area contributed by atoms with Gasteiger partial charge in [-0.2, -0.15) is 0 Å². The second-order valence-corrected chi connectivity index (χ2v) is 5.38. The maximum Gasteiger partial charge on any atom is 0.332 e. The summed E-state index contributed by atoms with van der Waals surface area (Å²) in [5.41, 5.74) is 0.250. The Balaban J connectivity index is 2.41. The fraction of sp³-hybridized carbons (Fsp3) is 0.429. The van der Waals surface area contributed by atoms with E-state index in [9.17, 15) is 9.59 Å². The Morgan fingerprint density at radius 2 is 2.00 bits per heavy atom. The number of methoxy groups -OCH3 is 1. The van der Waals surface area contributed by atoms with Gasteiger partial charge in [0.05, 0.1) is 7.11 Å². The van der Waals surface area contributed by atoms with Crippen LogP contribution >= 0.6 is 0 Å². The second-order valence-electron chi connectivity index (χ2n) is 5.38. The lowest BCUT2D eigenvalue weighted by Crippen LogP contribution is -2.31. The van der Waals surface area contributed by atoms with Gasteiger partial charge in [-0.05, 0) is 32.4 Å². The smallest absolute Gasteiger partial charge is 0.332 e. The Hall–Kier alpha value is -1.84. The van der Waals surface area contributed by atoms with Gasteiger partial charge >= 0.3 is 5.97 Å². The molecule has 1 N–H and O–H groups in total. The number of ketones is 1. The third-order valence-corrected chi connectivity index (χ3v) is 3.26. The summed E-state index contributed by atoms with van der Waals surface area (Å²) < 4.78 is 4.66. The third kappa shape index (κ3) is 2.23. The van der Waals surface area contributed by atoms with Gasteiger partial charge in [0.2, 0.25) is 0 Å². The molecule has 0 aromatic carbocycles. The summed E-state index contributed by atoms with van der Waals surface area (Å²) in [6.45, 7) is 4.12. The van der Waals surface area contributed by atoms with E-state index in [1.165, 1.54) is 13.2 Å². The maximum absolute atomic E-state index is 11.4. The van der Waals surface area contributed by atoms with Crippen LogP contribution in [0.25, 0.3) is 0 Å². The lowest BCUT2D eigenvalue weighted by molar-refractivity contribution is -0.134. The number of rotatable bonds is 1. The fourth-order valence-corrected chi connectivity index (χ4v) is 2.57. The van der Waals surface area contributed by atoms with Crippen LogP contribution in [0.2, 0.25) is 0 Å². The second kappa shape index (κ2) is 4.12. The molecular formula is C14H17NO3. The van der Waals surface area contributed by atoms with Crippen molar-refractivity contribution in [2.45, 2.75) is 25.8 Å².